The first-order valence-electron chi connectivity index (χ1n) is 21.8. The summed E-state index contributed by atoms with van der Waals surface area (Å²) in [6, 6.07) is 3.08. The number of carboxylic acid groups (broad SMARTS) is 1. The lowest BCUT2D eigenvalue weighted by molar-refractivity contribution is -0.148. The molecule has 0 aliphatic carbocycles. The number of aliphatic carboxylic acids is 1. The summed E-state index contributed by atoms with van der Waals surface area (Å²) in [7, 11) is 9.17. The number of benzene rings is 1. The predicted octanol–water partition coefficient (Wildman–Crippen LogP) is 8.88. The molecule has 5 atom stereocenters. The number of aliphatic hydroxyl groups excluding tert-OH is 1. The molecule has 0 saturated carbocycles. The van der Waals surface area contributed by atoms with Crippen LogP contribution in [0.5, 0.6) is 5.75 Å². The molecule has 4 amide bonds. The van der Waals surface area contributed by atoms with Crippen molar-refractivity contribution in [3.05, 3.63) is 46.5 Å². The van der Waals surface area contributed by atoms with Gasteiger partial charge in [0.15, 0.2) is 0 Å². The van der Waals surface area contributed by atoms with Crippen LogP contribution in [0.3, 0.4) is 0 Å². The Kier molecular flexibility index (Phi) is 26.7. The number of rotatable bonds is 14. The number of unbranched alkanes of at least 4 members (excludes halogenated alkanes) is 2. The molecule has 2 saturated heterocycles. The van der Waals surface area contributed by atoms with Gasteiger partial charge >= 0.3 is 12.1 Å². The van der Waals surface area contributed by atoms with Crippen molar-refractivity contribution in [2.45, 2.75) is 167 Å². The van der Waals surface area contributed by atoms with Crippen LogP contribution in [0.1, 0.15) is 131 Å². The fourth-order valence-electron chi connectivity index (χ4n) is 6.64. The highest BCUT2D eigenvalue weighted by Gasteiger charge is 2.53. The fourth-order valence-corrected chi connectivity index (χ4v) is 9.61. The highest BCUT2D eigenvalue weighted by atomic mass is 35.5. The Hall–Kier alpha value is -3.44. The van der Waals surface area contributed by atoms with E-state index in [1.807, 2.05) is 39.0 Å². The number of primary amides is 1. The van der Waals surface area contributed by atoms with Crippen LogP contribution >= 0.6 is 33.2 Å². The number of ether oxygens (including phenoxy) is 3. The van der Waals surface area contributed by atoms with Crippen LogP contribution in [-0.2, 0) is 35.1 Å². The average Bonchev–Trinajstić information content (AvgIpc) is 3.88. The maximum absolute atomic E-state index is 13.1. The third-order valence-corrected chi connectivity index (χ3v) is 14.7. The zero-order valence-corrected chi connectivity index (χ0v) is 41.8. The number of likely N-dealkylation sites (N-methyl/N-ethyl adjacent to an activating group) is 1. The van der Waals surface area contributed by atoms with Crippen LogP contribution < -0.4 is 20.7 Å². The smallest absolute Gasteiger partial charge is 0.407 e. The summed E-state index contributed by atoms with van der Waals surface area (Å²) < 4.78 is 16.9. The van der Waals surface area contributed by atoms with Crippen LogP contribution in [0.25, 0.3) is 0 Å². The molecule has 3 heterocycles. The molecule has 4 bridgehead atoms. The lowest BCUT2D eigenvalue weighted by Crippen LogP contribution is -2.45. The molecule has 17 heteroatoms. The number of halogens is 1. The number of carboxylic acids is 1. The van der Waals surface area contributed by atoms with Gasteiger partial charge in [-0.25, -0.2) is 9.59 Å². The van der Waals surface area contributed by atoms with Crippen LogP contribution in [-0.4, -0.2) is 114 Å². The number of methoxy groups -OCH3 is 1. The Balaban J connectivity index is 0.000000590. The number of carbonyl (C=O) groups excluding carboxylic acids is 4. The van der Waals surface area contributed by atoms with E-state index in [2.05, 4.69) is 38.2 Å². The van der Waals surface area contributed by atoms with Gasteiger partial charge in [-0.1, -0.05) is 90.1 Å². The molecule has 14 nitrogen and oxygen atoms in total. The quantitative estimate of drug-likeness (QED) is 0.0786. The molecule has 0 aromatic heterocycles. The van der Waals surface area contributed by atoms with E-state index in [0.29, 0.717) is 61.4 Å². The number of anilines is 1. The van der Waals surface area contributed by atoms with Crippen molar-refractivity contribution in [1.82, 2.24) is 10.2 Å². The molecule has 5 N–H and O–H groups in total. The molecule has 2 fully saturated rings. The number of hydrogen-bond acceptors (Lipinski definition) is 11. The van der Waals surface area contributed by atoms with E-state index < -0.39 is 17.6 Å². The third kappa shape index (κ3) is 21.4. The Bertz CT molecular complexity index is 1690. The van der Waals surface area contributed by atoms with Crippen molar-refractivity contribution in [2.75, 3.05) is 39.0 Å². The van der Waals surface area contributed by atoms with Gasteiger partial charge in [0.25, 0.3) is 0 Å². The van der Waals surface area contributed by atoms with E-state index in [4.69, 9.17) is 41.8 Å². The van der Waals surface area contributed by atoms with Gasteiger partial charge in [-0.15, -0.1) is 0 Å². The average molecular weight is 944 g/mol. The number of nitrogens with zero attached hydrogens (tertiary/aromatic N) is 2. The summed E-state index contributed by atoms with van der Waals surface area (Å²) in [4.78, 5) is 61.5. The lowest BCUT2D eigenvalue weighted by atomic mass is 9.94. The summed E-state index contributed by atoms with van der Waals surface area (Å²) in [5.41, 5.74) is 7.47. The molecule has 3 aliphatic rings. The van der Waals surface area contributed by atoms with Crippen molar-refractivity contribution in [3.63, 3.8) is 0 Å². The Morgan fingerprint density at radius 2 is 1.81 bits per heavy atom. The van der Waals surface area contributed by atoms with E-state index in [1.165, 1.54) is 38.1 Å². The summed E-state index contributed by atoms with van der Waals surface area (Å²) in [5.74, 6) is -0.120. The normalized spacial score (nSPS) is 22.8. The molecule has 0 spiro atoms. The zero-order chi connectivity index (χ0) is 47.9. The number of aliphatic hydroxyl groups is 1. The van der Waals surface area contributed by atoms with Gasteiger partial charge in [0, 0.05) is 69.9 Å². The Labute approximate surface area is 389 Å². The van der Waals surface area contributed by atoms with Gasteiger partial charge < -0.3 is 45.3 Å². The Morgan fingerprint density at radius 1 is 1.14 bits per heavy atom. The molecule has 4 unspecified atom stereocenters. The third-order valence-electron chi connectivity index (χ3n) is 10.9. The van der Waals surface area contributed by atoms with Gasteiger partial charge in [-0.05, 0) is 84.4 Å². The molecule has 0 radical (unpaired) electrons. The predicted molar refractivity (Wildman–Crippen MR) is 257 cm³/mol. The van der Waals surface area contributed by atoms with Crippen molar-refractivity contribution in [3.8, 4) is 5.75 Å². The molecule has 4 rings (SSSR count). The minimum Gasteiger partial charge on any atom is -0.495 e. The van der Waals surface area contributed by atoms with Gasteiger partial charge in [-0.2, -0.15) is 0 Å². The summed E-state index contributed by atoms with van der Waals surface area (Å²) in [6.45, 7) is 14.1. The highest BCUT2D eigenvalue weighted by molar-refractivity contribution is 8.77. The van der Waals surface area contributed by atoms with Crippen LogP contribution in [0.4, 0.5) is 10.5 Å². The maximum atomic E-state index is 13.1. The minimum atomic E-state index is -1.01. The second-order valence-electron chi connectivity index (χ2n) is 16.8. The van der Waals surface area contributed by atoms with E-state index >= 15 is 0 Å². The number of epoxide rings is 1. The largest absolute Gasteiger partial charge is 0.495 e. The van der Waals surface area contributed by atoms with Gasteiger partial charge in [-0.3, -0.25) is 14.4 Å². The zero-order valence-electron chi connectivity index (χ0n) is 39.4. The first-order chi connectivity index (χ1) is 29.7. The van der Waals surface area contributed by atoms with Crippen LogP contribution in [0.2, 0.25) is 5.02 Å². The Morgan fingerprint density at radius 3 is 2.40 bits per heavy atom. The number of carbonyl (C=O) groups is 5. The molecular formula is C46H75ClN4O10S2. The highest BCUT2D eigenvalue weighted by Crippen LogP contribution is 2.45. The second-order valence-corrected chi connectivity index (χ2v) is 20.3. The number of allylic oxidation sites excluding steroid dienone is 3. The SMILES string of the molecule is CCCCC.CO.COc1cc2cc(c1Cl)N(C)C(=O)CCC1(C)OC1CC1CC(C/C=C/C=C(\C)C2)NC(=O)O1.C[C@@H](C(=O)O)N(C)C(=O)CCC(C)(C)SSCCCC(N)=O. The van der Waals surface area contributed by atoms with Gasteiger partial charge in [0.1, 0.15) is 22.9 Å². The topological polar surface area (TPSA) is 201 Å². The molecule has 358 valence electrons. The monoisotopic (exact) mass is 942 g/mol. The van der Waals surface area contributed by atoms with Gasteiger partial charge in [0.05, 0.1) is 24.5 Å². The molecule has 1 aromatic rings. The number of fused-ring (bicyclic) bond motifs is 5. The fraction of sp³-hybridized carbons (Fsp3) is 0.674. The first kappa shape index (κ1) is 57.6. The molecule has 3 aliphatic heterocycles. The summed E-state index contributed by atoms with van der Waals surface area (Å²) >= 11 is 6.58. The van der Waals surface area contributed by atoms with Crippen molar-refractivity contribution < 1.29 is 48.4 Å². The van der Waals surface area contributed by atoms with Crippen molar-refractivity contribution in [1.29, 1.82) is 0 Å². The number of amides is 4. The number of nitrogens with one attached hydrogen (secondary N) is 1. The molecule has 63 heavy (non-hydrogen) atoms. The second kappa shape index (κ2) is 29.2. The minimum absolute atomic E-state index is 0.0293. The van der Waals surface area contributed by atoms with Crippen molar-refractivity contribution >= 4 is 68.7 Å². The van der Waals surface area contributed by atoms with Gasteiger partial charge in [0.2, 0.25) is 17.7 Å². The number of alkyl carbamates (subject to hydrolysis) is 1. The standard InChI is InChI=1S/C26H33ClN2O5.C14H26N2O4S2.C5H12.CH4O/c1-16-7-5-6-8-18-14-19(33-25(31)28-18)15-22-26(2,34-22)10-9-23(30)29(3)20-12-17(11-16)13-21(32-4)24(20)27;1-10(13(19)20)16(4)12(18)7-8-14(2,3)22-21-9-5-6-11(15)17;1-3-5-4-2;1-2/h5-7,12-13,18-19,22H,8-11,14-15H2,1-4H3,(H,28,31);10H,5-9H2,1-4H3,(H2,15,17)(H,19,20);3-5H2,1-2H3;2H,1H3/b6-5+,16-7+;;;/t;10-;;/m.0../s1. The lowest BCUT2D eigenvalue weighted by Gasteiger charge is -2.29. The van der Waals surface area contributed by atoms with E-state index in [0.717, 1.165) is 43.3 Å². The van der Waals surface area contributed by atoms with E-state index in [9.17, 15) is 24.0 Å². The maximum Gasteiger partial charge on any atom is 0.407 e. The summed E-state index contributed by atoms with van der Waals surface area (Å²) in [6.07, 6.45) is 15.5. The van der Waals surface area contributed by atoms with E-state index in [1.54, 1.807) is 40.6 Å². The molecular weight excluding hydrogens is 868 g/mol. The first-order valence-corrected chi connectivity index (χ1v) is 24.5. The van der Waals surface area contributed by atoms with Crippen LogP contribution in [0, 0.1) is 0 Å². The molecule has 1 aromatic carbocycles. The number of hydrogen-bond donors (Lipinski definition) is 4. The van der Waals surface area contributed by atoms with Crippen molar-refractivity contribution in [2.24, 2.45) is 5.73 Å². The number of nitrogens with two attached hydrogens (primary N) is 1. The van der Waals surface area contributed by atoms with Crippen LogP contribution in [0.15, 0.2) is 35.9 Å². The van der Waals surface area contributed by atoms with E-state index in [-0.39, 0.29) is 46.8 Å². The summed E-state index contributed by atoms with van der Waals surface area (Å²) in [5, 5.41) is 19.2.